The summed E-state index contributed by atoms with van der Waals surface area (Å²) in [6, 6.07) is 0. The van der Waals surface area contributed by atoms with Gasteiger partial charge in [0.1, 0.15) is 5.92 Å². The first-order chi connectivity index (χ1) is 6.02. The van der Waals surface area contributed by atoms with E-state index < -0.39 is 24.1 Å². The molecular formula is C7H11NO5. The lowest BCUT2D eigenvalue weighted by Gasteiger charge is -2.31. The second kappa shape index (κ2) is 3.61. The van der Waals surface area contributed by atoms with Gasteiger partial charge in [-0.3, -0.25) is 4.79 Å². The van der Waals surface area contributed by atoms with Gasteiger partial charge in [-0.25, -0.2) is 4.79 Å². The van der Waals surface area contributed by atoms with Crippen molar-refractivity contribution in [1.82, 2.24) is 4.90 Å². The molecule has 0 radical (unpaired) electrons. The highest BCUT2D eigenvalue weighted by Gasteiger charge is 2.34. The van der Waals surface area contributed by atoms with E-state index in [-0.39, 0.29) is 19.5 Å². The number of carboxylic acid groups (broad SMARTS) is 2. The van der Waals surface area contributed by atoms with Crippen LogP contribution in [-0.2, 0) is 4.79 Å². The van der Waals surface area contributed by atoms with Crippen molar-refractivity contribution in [3.63, 3.8) is 0 Å². The summed E-state index contributed by atoms with van der Waals surface area (Å²) in [5.41, 5.74) is 0. The summed E-state index contributed by atoms with van der Waals surface area (Å²) in [4.78, 5) is 22.0. The number of nitrogens with zero attached hydrogens (tertiary/aromatic N) is 1. The highest BCUT2D eigenvalue weighted by molar-refractivity contribution is 5.73. The van der Waals surface area contributed by atoms with E-state index in [0.717, 1.165) is 4.90 Å². The Kier molecular flexibility index (Phi) is 2.72. The predicted molar refractivity (Wildman–Crippen MR) is 41.3 cm³/mol. The van der Waals surface area contributed by atoms with Crippen molar-refractivity contribution in [2.45, 2.75) is 12.5 Å². The second-order valence-electron chi connectivity index (χ2n) is 3.03. The van der Waals surface area contributed by atoms with Crippen LogP contribution in [0.2, 0.25) is 0 Å². The summed E-state index contributed by atoms with van der Waals surface area (Å²) >= 11 is 0. The molecule has 1 aliphatic heterocycles. The molecule has 74 valence electrons. The number of rotatable bonds is 1. The molecule has 0 aromatic rings. The average Bonchev–Trinajstić information content (AvgIpc) is 2.04. The van der Waals surface area contributed by atoms with Crippen molar-refractivity contribution in [2.24, 2.45) is 5.92 Å². The maximum Gasteiger partial charge on any atom is 0.407 e. The molecule has 1 amide bonds. The number of hydrogen-bond acceptors (Lipinski definition) is 3. The fourth-order valence-electron chi connectivity index (χ4n) is 1.36. The summed E-state index contributed by atoms with van der Waals surface area (Å²) in [5, 5.41) is 26.4. The molecule has 0 saturated carbocycles. The minimum absolute atomic E-state index is 0.133. The molecule has 1 saturated heterocycles. The first-order valence-corrected chi connectivity index (χ1v) is 3.91. The van der Waals surface area contributed by atoms with Crippen molar-refractivity contribution >= 4 is 12.1 Å². The molecule has 0 unspecified atom stereocenters. The Balaban J connectivity index is 2.63. The second-order valence-corrected chi connectivity index (χ2v) is 3.03. The SMILES string of the molecule is O=C(O)[C@@H]1CN(C(=O)O)CC[C@H]1O. The van der Waals surface area contributed by atoms with E-state index in [4.69, 9.17) is 10.2 Å². The molecule has 0 bridgehead atoms. The number of amides is 1. The molecule has 3 N–H and O–H groups in total. The van der Waals surface area contributed by atoms with Gasteiger partial charge in [-0.15, -0.1) is 0 Å². The number of aliphatic carboxylic acids is 1. The molecule has 6 heteroatoms. The van der Waals surface area contributed by atoms with Crippen LogP contribution in [0, 0.1) is 5.92 Å². The van der Waals surface area contributed by atoms with E-state index in [1.807, 2.05) is 0 Å². The lowest BCUT2D eigenvalue weighted by Crippen LogP contribution is -2.48. The molecule has 2 atom stereocenters. The van der Waals surface area contributed by atoms with Crippen LogP contribution < -0.4 is 0 Å². The van der Waals surface area contributed by atoms with Crippen LogP contribution >= 0.6 is 0 Å². The number of aliphatic hydroxyl groups excluding tert-OH is 1. The minimum atomic E-state index is -1.15. The Labute approximate surface area is 74.4 Å². The van der Waals surface area contributed by atoms with E-state index in [0.29, 0.717) is 0 Å². The number of hydrogen-bond donors (Lipinski definition) is 3. The standard InChI is InChI=1S/C7H11NO5/c9-5-1-2-8(7(12)13)3-4(5)6(10)11/h4-5,9H,1-3H2,(H,10,11)(H,12,13)/t4-,5-/m1/s1. The van der Waals surface area contributed by atoms with E-state index in [9.17, 15) is 14.7 Å². The highest BCUT2D eigenvalue weighted by Crippen LogP contribution is 2.17. The summed E-state index contributed by atoms with van der Waals surface area (Å²) in [5.74, 6) is -2.15. The number of carbonyl (C=O) groups is 2. The maximum atomic E-state index is 10.6. The Bertz CT molecular complexity index is 229. The number of aliphatic hydroxyl groups is 1. The monoisotopic (exact) mass is 189 g/mol. The van der Waals surface area contributed by atoms with Gasteiger partial charge < -0.3 is 20.2 Å². The number of carboxylic acids is 1. The largest absolute Gasteiger partial charge is 0.481 e. The lowest BCUT2D eigenvalue weighted by molar-refractivity contribution is -0.148. The van der Waals surface area contributed by atoms with Gasteiger partial charge in [0.05, 0.1) is 6.10 Å². The van der Waals surface area contributed by atoms with Crippen molar-refractivity contribution in [3.05, 3.63) is 0 Å². The molecule has 0 aromatic heterocycles. The van der Waals surface area contributed by atoms with Crippen LogP contribution in [0.15, 0.2) is 0 Å². The van der Waals surface area contributed by atoms with E-state index >= 15 is 0 Å². The molecule has 13 heavy (non-hydrogen) atoms. The average molecular weight is 189 g/mol. The normalized spacial score (nSPS) is 28.5. The zero-order valence-corrected chi connectivity index (χ0v) is 6.88. The lowest BCUT2D eigenvalue weighted by atomic mass is 9.95. The third-order valence-corrected chi connectivity index (χ3v) is 2.16. The Morgan fingerprint density at radius 1 is 1.31 bits per heavy atom. The summed E-state index contributed by atoms with van der Waals surface area (Å²) in [7, 11) is 0. The van der Waals surface area contributed by atoms with Gasteiger partial charge >= 0.3 is 12.1 Å². The minimum Gasteiger partial charge on any atom is -0.481 e. The van der Waals surface area contributed by atoms with E-state index in [2.05, 4.69) is 0 Å². The van der Waals surface area contributed by atoms with Crippen molar-refractivity contribution in [3.8, 4) is 0 Å². The van der Waals surface area contributed by atoms with Gasteiger partial charge in [0, 0.05) is 13.1 Å². The highest BCUT2D eigenvalue weighted by atomic mass is 16.4. The fourth-order valence-corrected chi connectivity index (χ4v) is 1.36. The summed E-state index contributed by atoms with van der Waals surface area (Å²) in [6.07, 6.45) is -1.89. The fraction of sp³-hybridized carbons (Fsp3) is 0.714. The van der Waals surface area contributed by atoms with Crippen LogP contribution in [0.5, 0.6) is 0 Å². The van der Waals surface area contributed by atoms with Crippen molar-refractivity contribution in [1.29, 1.82) is 0 Å². The molecule has 0 aliphatic carbocycles. The summed E-state index contributed by atoms with van der Waals surface area (Å²) in [6.45, 7) is 0.0616. The van der Waals surface area contributed by atoms with Crippen molar-refractivity contribution in [2.75, 3.05) is 13.1 Å². The third kappa shape index (κ3) is 2.09. The van der Waals surface area contributed by atoms with Gasteiger partial charge in [-0.05, 0) is 6.42 Å². The van der Waals surface area contributed by atoms with Gasteiger partial charge in [0.2, 0.25) is 0 Å². The van der Waals surface area contributed by atoms with Gasteiger partial charge in [0.25, 0.3) is 0 Å². The third-order valence-electron chi connectivity index (χ3n) is 2.16. The zero-order valence-electron chi connectivity index (χ0n) is 6.88. The molecule has 6 nitrogen and oxygen atoms in total. The van der Waals surface area contributed by atoms with Crippen LogP contribution in [0.3, 0.4) is 0 Å². The molecular weight excluding hydrogens is 178 g/mol. The van der Waals surface area contributed by atoms with E-state index in [1.165, 1.54) is 0 Å². The van der Waals surface area contributed by atoms with Gasteiger partial charge in [0.15, 0.2) is 0 Å². The number of piperidine rings is 1. The summed E-state index contributed by atoms with van der Waals surface area (Å²) < 4.78 is 0. The molecule has 0 spiro atoms. The molecule has 1 heterocycles. The van der Waals surface area contributed by atoms with Gasteiger partial charge in [-0.2, -0.15) is 0 Å². The van der Waals surface area contributed by atoms with Crippen LogP contribution in [0.4, 0.5) is 4.79 Å². The molecule has 1 rings (SSSR count). The Morgan fingerprint density at radius 2 is 1.92 bits per heavy atom. The smallest absolute Gasteiger partial charge is 0.407 e. The maximum absolute atomic E-state index is 10.6. The first-order valence-electron chi connectivity index (χ1n) is 3.91. The molecule has 1 aliphatic rings. The predicted octanol–water partition coefficient (Wildman–Crippen LogP) is -0.568. The quantitative estimate of drug-likeness (QED) is 0.513. The molecule has 0 aromatic carbocycles. The van der Waals surface area contributed by atoms with Crippen LogP contribution in [-0.4, -0.2) is 51.5 Å². The Hall–Kier alpha value is -1.30. The zero-order chi connectivity index (χ0) is 10.0. The molecule has 1 fully saturated rings. The topological polar surface area (TPSA) is 98.1 Å². The Morgan fingerprint density at radius 3 is 2.38 bits per heavy atom. The number of likely N-dealkylation sites (tertiary alicyclic amines) is 1. The van der Waals surface area contributed by atoms with Crippen LogP contribution in [0.1, 0.15) is 6.42 Å². The van der Waals surface area contributed by atoms with E-state index in [1.54, 1.807) is 0 Å². The first kappa shape index (κ1) is 9.79. The van der Waals surface area contributed by atoms with Gasteiger partial charge in [-0.1, -0.05) is 0 Å². The van der Waals surface area contributed by atoms with Crippen LogP contribution in [0.25, 0.3) is 0 Å². The van der Waals surface area contributed by atoms with Crippen molar-refractivity contribution < 1.29 is 24.9 Å².